The fourth-order valence-corrected chi connectivity index (χ4v) is 3.75. The van der Waals surface area contributed by atoms with Crippen LogP contribution in [0.1, 0.15) is 42.9 Å². The predicted molar refractivity (Wildman–Crippen MR) is 82.3 cm³/mol. The fourth-order valence-electron chi connectivity index (χ4n) is 3.75. The van der Waals surface area contributed by atoms with Gasteiger partial charge in [-0.2, -0.15) is 0 Å². The summed E-state index contributed by atoms with van der Waals surface area (Å²) in [6.45, 7) is 5.77. The van der Waals surface area contributed by atoms with Crippen molar-refractivity contribution < 1.29 is 4.74 Å². The van der Waals surface area contributed by atoms with Gasteiger partial charge in [-0.25, -0.2) is 0 Å². The lowest BCUT2D eigenvalue weighted by molar-refractivity contribution is 0.197. The van der Waals surface area contributed by atoms with Gasteiger partial charge in [-0.15, -0.1) is 0 Å². The summed E-state index contributed by atoms with van der Waals surface area (Å²) in [7, 11) is 1.79. The molecule has 2 heterocycles. The van der Waals surface area contributed by atoms with Gasteiger partial charge in [0.1, 0.15) is 5.75 Å². The number of likely N-dealkylation sites (tertiary alicyclic amines) is 1. The Morgan fingerprint density at radius 1 is 1.25 bits per heavy atom. The number of aryl methyl sites for hydroxylation is 1. The molecule has 0 radical (unpaired) electrons. The number of nitrogens with one attached hydrogen (secondary N) is 1. The molecule has 0 spiro atoms. The van der Waals surface area contributed by atoms with E-state index in [1.807, 2.05) is 0 Å². The molecule has 3 heteroatoms. The summed E-state index contributed by atoms with van der Waals surface area (Å²) in [5.41, 5.74) is 2.69. The number of nitrogens with zero attached hydrogens (tertiary/aromatic N) is 1. The lowest BCUT2D eigenvalue weighted by Gasteiger charge is -2.34. The molecule has 1 aromatic rings. The smallest absolute Gasteiger partial charge is 0.123 e. The van der Waals surface area contributed by atoms with Crippen LogP contribution in [-0.2, 0) is 0 Å². The molecule has 0 bridgehead atoms. The van der Waals surface area contributed by atoms with Gasteiger partial charge in [0.2, 0.25) is 0 Å². The molecule has 0 saturated carbocycles. The van der Waals surface area contributed by atoms with Crippen molar-refractivity contribution in [1.82, 2.24) is 10.2 Å². The van der Waals surface area contributed by atoms with Gasteiger partial charge in [0.05, 0.1) is 13.2 Å². The van der Waals surface area contributed by atoms with Crippen LogP contribution in [0.25, 0.3) is 0 Å². The van der Waals surface area contributed by atoms with Gasteiger partial charge in [0.25, 0.3) is 0 Å². The summed E-state index contributed by atoms with van der Waals surface area (Å²) < 4.78 is 5.65. The molecule has 2 atom stereocenters. The van der Waals surface area contributed by atoms with E-state index in [0.717, 1.165) is 12.3 Å². The molecular formula is C17H26N2O. The van der Waals surface area contributed by atoms with Crippen LogP contribution >= 0.6 is 0 Å². The first-order chi connectivity index (χ1) is 9.79. The Bertz CT molecular complexity index is 432. The Balaban J connectivity index is 1.96. The maximum atomic E-state index is 5.65. The Labute approximate surface area is 122 Å². The third-order valence-corrected chi connectivity index (χ3v) is 4.72. The summed E-state index contributed by atoms with van der Waals surface area (Å²) in [5.74, 6) is 1.04. The third kappa shape index (κ3) is 2.70. The minimum atomic E-state index is 0.467. The van der Waals surface area contributed by atoms with Crippen molar-refractivity contribution in [3.63, 3.8) is 0 Å². The zero-order chi connectivity index (χ0) is 13.9. The molecule has 3 rings (SSSR count). The molecule has 2 fully saturated rings. The third-order valence-electron chi connectivity index (χ3n) is 4.72. The van der Waals surface area contributed by atoms with Crippen LogP contribution in [-0.4, -0.2) is 37.7 Å². The van der Waals surface area contributed by atoms with Gasteiger partial charge in [-0.05, 0) is 58.3 Å². The van der Waals surface area contributed by atoms with E-state index in [0.29, 0.717) is 12.1 Å². The van der Waals surface area contributed by atoms with E-state index in [4.69, 9.17) is 4.74 Å². The Kier molecular flexibility index (Phi) is 4.27. The van der Waals surface area contributed by atoms with Crippen molar-refractivity contribution in [3.05, 3.63) is 29.3 Å². The van der Waals surface area contributed by atoms with Crippen LogP contribution < -0.4 is 10.1 Å². The topological polar surface area (TPSA) is 24.5 Å². The molecule has 3 nitrogen and oxygen atoms in total. The molecule has 2 saturated heterocycles. The van der Waals surface area contributed by atoms with Crippen molar-refractivity contribution >= 4 is 0 Å². The first kappa shape index (κ1) is 13.9. The largest absolute Gasteiger partial charge is 0.496 e. The van der Waals surface area contributed by atoms with Crippen molar-refractivity contribution in [2.24, 2.45) is 0 Å². The Morgan fingerprint density at radius 3 is 2.70 bits per heavy atom. The number of benzene rings is 1. The van der Waals surface area contributed by atoms with Gasteiger partial charge in [0, 0.05) is 11.6 Å². The lowest BCUT2D eigenvalue weighted by atomic mass is 9.94. The number of rotatable bonds is 4. The maximum absolute atomic E-state index is 5.65. The quantitative estimate of drug-likeness (QED) is 0.913. The zero-order valence-corrected chi connectivity index (χ0v) is 12.7. The molecule has 0 aliphatic carbocycles. The standard InChI is InChI=1S/C17H26N2O/c1-13-7-8-16(20-2)14(12-13)17(15-6-5-9-18-15)19-10-3-4-11-19/h7-8,12,15,17-18H,3-6,9-11H2,1-2H3. The van der Waals surface area contributed by atoms with E-state index in [9.17, 15) is 0 Å². The van der Waals surface area contributed by atoms with Crippen LogP contribution in [0.3, 0.4) is 0 Å². The summed E-state index contributed by atoms with van der Waals surface area (Å²) >= 11 is 0. The van der Waals surface area contributed by atoms with E-state index in [1.54, 1.807) is 7.11 Å². The summed E-state index contributed by atoms with van der Waals surface area (Å²) in [6.07, 6.45) is 5.23. The van der Waals surface area contributed by atoms with Gasteiger partial charge in [0.15, 0.2) is 0 Å². The highest BCUT2D eigenvalue weighted by Crippen LogP contribution is 2.37. The molecule has 0 aromatic heterocycles. The highest BCUT2D eigenvalue weighted by molar-refractivity contribution is 5.40. The maximum Gasteiger partial charge on any atom is 0.123 e. The van der Waals surface area contributed by atoms with E-state index in [2.05, 4.69) is 35.3 Å². The van der Waals surface area contributed by atoms with Gasteiger partial charge in [-0.3, -0.25) is 4.90 Å². The van der Waals surface area contributed by atoms with Crippen molar-refractivity contribution in [2.75, 3.05) is 26.7 Å². The van der Waals surface area contributed by atoms with Crippen LogP contribution in [0.5, 0.6) is 5.75 Å². The molecule has 1 N–H and O–H groups in total. The van der Waals surface area contributed by atoms with E-state index < -0.39 is 0 Å². The van der Waals surface area contributed by atoms with Gasteiger partial charge < -0.3 is 10.1 Å². The normalized spacial score (nSPS) is 25.0. The number of ether oxygens (including phenoxy) is 1. The molecule has 0 amide bonds. The molecule has 110 valence electrons. The van der Waals surface area contributed by atoms with E-state index in [1.165, 1.54) is 49.9 Å². The van der Waals surface area contributed by atoms with Gasteiger partial charge in [-0.1, -0.05) is 17.7 Å². The molecular weight excluding hydrogens is 248 g/mol. The minimum Gasteiger partial charge on any atom is -0.496 e. The van der Waals surface area contributed by atoms with Crippen LogP contribution in [0, 0.1) is 6.92 Å². The molecule has 2 aliphatic rings. The van der Waals surface area contributed by atoms with Crippen molar-refractivity contribution in [2.45, 2.75) is 44.7 Å². The predicted octanol–water partition coefficient (Wildman–Crippen LogP) is 2.89. The van der Waals surface area contributed by atoms with Crippen molar-refractivity contribution in [3.8, 4) is 5.75 Å². The van der Waals surface area contributed by atoms with Gasteiger partial charge >= 0.3 is 0 Å². The highest BCUT2D eigenvalue weighted by atomic mass is 16.5. The highest BCUT2D eigenvalue weighted by Gasteiger charge is 2.34. The molecule has 1 aromatic carbocycles. The lowest BCUT2D eigenvalue weighted by Crippen LogP contribution is -2.40. The second kappa shape index (κ2) is 6.15. The molecule has 20 heavy (non-hydrogen) atoms. The zero-order valence-electron chi connectivity index (χ0n) is 12.7. The monoisotopic (exact) mass is 274 g/mol. The van der Waals surface area contributed by atoms with Crippen LogP contribution in [0.2, 0.25) is 0 Å². The Morgan fingerprint density at radius 2 is 2.05 bits per heavy atom. The van der Waals surface area contributed by atoms with E-state index >= 15 is 0 Å². The second-order valence-corrected chi connectivity index (χ2v) is 6.14. The summed E-state index contributed by atoms with van der Waals surface area (Å²) in [6, 6.07) is 7.63. The SMILES string of the molecule is COc1ccc(C)cc1C(C1CCCN1)N1CCCC1. The first-order valence-electron chi connectivity index (χ1n) is 7.91. The van der Waals surface area contributed by atoms with Crippen LogP contribution in [0.4, 0.5) is 0 Å². The van der Waals surface area contributed by atoms with Crippen LogP contribution in [0.15, 0.2) is 18.2 Å². The number of methoxy groups -OCH3 is 1. The molecule has 2 unspecified atom stereocenters. The average Bonchev–Trinajstić information content (AvgIpc) is 3.13. The number of hydrogen-bond donors (Lipinski definition) is 1. The minimum absolute atomic E-state index is 0.467. The summed E-state index contributed by atoms with van der Waals surface area (Å²) in [5, 5.41) is 3.71. The molecule has 2 aliphatic heterocycles. The summed E-state index contributed by atoms with van der Waals surface area (Å²) in [4.78, 5) is 2.65. The van der Waals surface area contributed by atoms with Crippen molar-refractivity contribution in [1.29, 1.82) is 0 Å². The second-order valence-electron chi connectivity index (χ2n) is 6.14. The Hall–Kier alpha value is -1.06. The number of hydrogen-bond acceptors (Lipinski definition) is 3. The average molecular weight is 274 g/mol. The fraction of sp³-hybridized carbons (Fsp3) is 0.647. The first-order valence-corrected chi connectivity index (χ1v) is 7.91. The van der Waals surface area contributed by atoms with E-state index in [-0.39, 0.29) is 0 Å².